The molecule has 0 bridgehead atoms. The lowest BCUT2D eigenvalue weighted by atomic mass is 10.1. The average Bonchev–Trinajstić information content (AvgIpc) is 2.62. The van der Waals surface area contributed by atoms with Crippen molar-refractivity contribution in [1.82, 2.24) is 4.90 Å². The molecule has 0 aliphatic rings. The Kier molecular flexibility index (Phi) is 8.14. The first-order valence-electron chi connectivity index (χ1n) is 8.91. The maximum atomic E-state index is 14.5. The average molecular weight is 466 g/mol. The Morgan fingerprint density at radius 1 is 1.13 bits per heavy atom. The normalized spacial score (nSPS) is 13.5. The molecule has 0 aliphatic heterocycles. The molecular weight excluding hydrogens is 442 g/mol. The molecule has 0 aliphatic carbocycles. The number of nitrogens with one attached hydrogen (secondary N) is 1. The van der Waals surface area contributed by atoms with Gasteiger partial charge < -0.3 is 10.2 Å². The van der Waals surface area contributed by atoms with E-state index in [0.717, 1.165) is 17.0 Å². The van der Waals surface area contributed by atoms with Gasteiger partial charge in [0.1, 0.15) is 10.5 Å². The summed E-state index contributed by atoms with van der Waals surface area (Å²) in [7, 11) is -0.970. The van der Waals surface area contributed by atoms with E-state index in [1.54, 1.807) is 0 Å². The third kappa shape index (κ3) is 6.86. The fourth-order valence-corrected chi connectivity index (χ4v) is 4.32. The summed E-state index contributed by atoms with van der Waals surface area (Å²) in [6, 6.07) is 10.6. The van der Waals surface area contributed by atoms with Crippen LogP contribution in [0.2, 0.25) is 0 Å². The van der Waals surface area contributed by atoms with Gasteiger partial charge in [-0.2, -0.15) is 13.2 Å². The van der Waals surface area contributed by atoms with E-state index in [-0.39, 0.29) is 0 Å². The molecule has 2 aromatic carbocycles. The smallest absolute Gasteiger partial charge is 0.381 e. The second kappa shape index (κ2) is 9.99. The predicted molar refractivity (Wildman–Crippen MR) is 111 cm³/mol. The summed E-state index contributed by atoms with van der Waals surface area (Å²) < 4.78 is 78.1. The summed E-state index contributed by atoms with van der Waals surface area (Å²) in [6.45, 7) is 0.589. The van der Waals surface area contributed by atoms with Crippen LogP contribution >= 0.6 is 11.8 Å². The zero-order valence-corrected chi connectivity index (χ0v) is 18.0. The van der Waals surface area contributed by atoms with Crippen molar-refractivity contribution in [2.45, 2.75) is 28.4 Å². The highest BCUT2D eigenvalue weighted by Crippen LogP contribution is 2.39. The Morgan fingerprint density at radius 2 is 1.77 bits per heavy atom. The number of hydrogen-bond donors (Lipinski definition) is 2. The monoisotopic (exact) mass is 465 g/mol. The zero-order chi connectivity index (χ0) is 22.5. The number of sulfonamides is 1. The summed E-state index contributed by atoms with van der Waals surface area (Å²) in [5, 5.41) is 7.61. The molecule has 11 heteroatoms. The van der Waals surface area contributed by atoms with Gasteiger partial charge in [-0.3, -0.25) is 0 Å². The number of thioether (sulfide) groups is 1. The lowest BCUT2D eigenvalue weighted by molar-refractivity contribution is -0.139. The van der Waals surface area contributed by atoms with Crippen LogP contribution in [0, 0.1) is 5.82 Å². The maximum Gasteiger partial charge on any atom is 0.421 e. The maximum absolute atomic E-state index is 14.5. The van der Waals surface area contributed by atoms with Crippen LogP contribution < -0.4 is 10.5 Å². The highest BCUT2D eigenvalue weighted by molar-refractivity contribution is 7.99. The van der Waals surface area contributed by atoms with Crippen molar-refractivity contribution >= 4 is 27.5 Å². The first kappa shape index (κ1) is 24.4. The predicted octanol–water partition coefficient (Wildman–Crippen LogP) is 4.02. The van der Waals surface area contributed by atoms with E-state index in [0.29, 0.717) is 18.7 Å². The molecule has 0 heterocycles. The SMILES string of the molecule is CN(C)CC[C@H](CSc1ccccc1)Nc1ccc(S(N)(=O)=O)c(F)c1C(F)(F)F. The molecule has 0 unspecified atom stereocenters. The van der Waals surface area contributed by atoms with Gasteiger partial charge in [-0.15, -0.1) is 11.8 Å². The highest BCUT2D eigenvalue weighted by Gasteiger charge is 2.40. The van der Waals surface area contributed by atoms with Crippen LogP contribution in [0.15, 0.2) is 52.3 Å². The summed E-state index contributed by atoms with van der Waals surface area (Å²) in [5.74, 6) is -1.48. The number of halogens is 4. The van der Waals surface area contributed by atoms with Crippen LogP contribution in [0.5, 0.6) is 0 Å². The van der Waals surface area contributed by atoms with Gasteiger partial charge in [-0.05, 0) is 51.3 Å². The molecule has 0 saturated heterocycles. The number of nitrogens with zero attached hydrogens (tertiary/aromatic N) is 1. The van der Waals surface area contributed by atoms with Crippen LogP contribution in [0.3, 0.4) is 0 Å². The second-order valence-corrected chi connectivity index (χ2v) is 9.52. The fourth-order valence-electron chi connectivity index (χ4n) is 2.72. The third-order valence-corrected chi connectivity index (χ3v) is 6.28. The van der Waals surface area contributed by atoms with E-state index in [4.69, 9.17) is 5.14 Å². The Labute approximate surface area is 177 Å². The summed E-state index contributed by atoms with van der Waals surface area (Å²) in [5.41, 5.74) is -2.20. The van der Waals surface area contributed by atoms with Crippen molar-refractivity contribution in [2.24, 2.45) is 5.14 Å². The Bertz CT molecular complexity index is 952. The van der Waals surface area contributed by atoms with Gasteiger partial charge in [0.2, 0.25) is 10.0 Å². The van der Waals surface area contributed by atoms with Crippen LogP contribution in [0.1, 0.15) is 12.0 Å². The summed E-state index contributed by atoms with van der Waals surface area (Å²) in [4.78, 5) is 1.64. The van der Waals surface area contributed by atoms with Crippen LogP contribution in [0.4, 0.5) is 23.2 Å². The van der Waals surface area contributed by atoms with Crippen molar-refractivity contribution in [3.05, 3.63) is 53.8 Å². The fraction of sp³-hybridized carbons (Fsp3) is 0.368. The van der Waals surface area contributed by atoms with Gasteiger partial charge in [0.15, 0.2) is 5.82 Å². The first-order chi connectivity index (χ1) is 13.9. The molecule has 166 valence electrons. The Balaban J connectivity index is 2.36. The van der Waals surface area contributed by atoms with Crippen molar-refractivity contribution in [1.29, 1.82) is 0 Å². The minimum atomic E-state index is -5.11. The summed E-state index contributed by atoms with van der Waals surface area (Å²) in [6.07, 6.45) is -4.62. The van der Waals surface area contributed by atoms with E-state index in [1.807, 2.05) is 49.3 Å². The van der Waals surface area contributed by atoms with Crippen LogP contribution in [-0.4, -0.2) is 45.8 Å². The van der Waals surface area contributed by atoms with Crippen molar-refractivity contribution in [2.75, 3.05) is 31.7 Å². The lowest BCUT2D eigenvalue weighted by Gasteiger charge is -2.24. The quantitative estimate of drug-likeness (QED) is 0.432. The van der Waals surface area contributed by atoms with Gasteiger partial charge in [0.05, 0.1) is 0 Å². The highest BCUT2D eigenvalue weighted by atomic mass is 32.2. The van der Waals surface area contributed by atoms with Gasteiger partial charge in [0.25, 0.3) is 0 Å². The molecule has 0 radical (unpaired) electrons. The Hall–Kier alpha value is -1.82. The van der Waals surface area contributed by atoms with E-state index in [1.165, 1.54) is 11.8 Å². The molecule has 0 aromatic heterocycles. The molecule has 30 heavy (non-hydrogen) atoms. The molecule has 0 spiro atoms. The third-order valence-electron chi connectivity index (χ3n) is 4.18. The number of alkyl halides is 3. The number of hydrogen-bond acceptors (Lipinski definition) is 5. The standard InChI is InChI=1S/C19H23F4N3O2S2/c1-26(2)11-10-13(12-29-14-6-4-3-5-7-14)25-15-8-9-16(30(24,27)28)18(20)17(15)19(21,22)23/h3-9,13,25H,10-12H2,1-2H3,(H2,24,27,28)/t13-/m1/s1. The van der Waals surface area contributed by atoms with Gasteiger partial charge in [-0.25, -0.2) is 17.9 Å². The van der Waals surface area contributed by atoms with Crippen molar-refractivity contribution < 1.29 is 26.0 Å². The first-order valence-corrected chi connectivity index (χ1v) is 11.4. The minimum Gasteiger partial charge on any atom is -0.381 e. The number of anilines is 1. The summed E-state index contributed by atoms with van der Waals surface area (Å²) >= 11 is 1.45. The molecule has 0 amide bonds. The van der Waals surface area contributed by atoms with E-state index in [2.05, 4.69) is 5.32 Å². The molecule has 5 nitrogen and oxygen atoms in total. The second-order valence-electron chi connectivity index (χ2n) is 6.90. The number of benzene rings is 2. The van der Waals surface area contributed by atoms with Gasteiger partial charge >= 0.3 is 6.18 Å². The van der Waals surface area contributed by atoms with Crippen molar-refractivity contribution in [3.8, 4) is 0 Å². The number of nitrogens with two attached hydrogens (primary N) is 1. The molecular formula is C19H23F4N3O2S2. The van der Waals surface area contributed by atoms with E-state index in [9.17, 15) is 26.0 Å². The molecule has 1 atom stereocenters. The molecule has 2 rings (SSSR count). The molecule has 0 fully saturated rings. The minimum absolute atomic E-state index is 0.424. The van der Waals surface area contributed by atoms with Crippen LogP contribution in [-0.2, 0) is 16.2 Å². The Morgan fingerprint density at radius 3 is 2.30 bits per heavy atom. The molecule has 3 N–H and O–H groups in total. The van der Waals surface area contributed by atoms with Crippen molar-refractivity contribution in [3.63, 3.8) is 0 Å². The van der Waals surface area contributed by atoms with E-state index < -0.39 is 44.2 Å². The number of rotatable bonds is 9. The molecule has 2 aromatic rings. The number of primary sulfonamides is 1. The topological polar surface area (TPSA) is 75.4 Å². The molecule has 0 saturated carbocycles. The van der Waals surface area contributed by atoms with Gasteiger partial charge in [0, 0.05) is 22.4 Å². The van der Waals surface area contributed by atoms with Gasteiger partial charge in [-0.1, -0.05) is 18.2 Å². The van der Waals surface area contributed by atoms with E-state index >= 15 is 0 Å². The zero-order valence-electron chi connectivity index (χ0n) is 16.4. The van der Waals surface area contributed by atoms with Crippen LogP contribution in [0.25, 0.3) is 0 Å². The lowest BCUT2D eigenvalue weighted by Crippen LogP contribution is -2.29. The largest absolute Gasteiger partial charge is 0.421 e.